The Kier molecular flexibility index (Phi) is 5.21. The van der Waals surface area contributed by atoms with Gasteiger partial charge in [-0.05, 0) is 11.8 Å². The van der Waals surface area contributed by atoms with E-state index in [9.17, 15) is 0 Å². The van der Waals surface area contributed by atoms with Gasteiger partial charge >= 0.3 is 0 Å². The molecule has 0 heterocycles. The smallest absolute Gasteiger partial charge is 0.152 e. The zero-order chi connectivity index (χ0) is 10.8. The maximum Gasteiger partial charge on any atom is 0.152 e. The van der Waals surface area contributed by atoms with Crippen molar-refractivity contribution in [2.45, 2.75) is 0 Å². The first-order valence-electron chi connectivity index (χ1n) is 3.27. The number of allylic oxidation sites excluding steroid dienone is 2. The molecule has 0 aliphatic carbocycles. The van der Waals surface area contributed by atoms with Crippen molar-refractivity contribution in [1.82, 2.24) is 0 Å². The standard InChI is InChI=1S/C12H2N2/c1-3-11(7-5-9-13)12(4-2)8-6-10-14/h1-2H/b12-11+. The summed E-state index contributed by atoms with van der Waals surface area (Å²) in [5.74, 6) is 13.3. The molecule has 2 nitrogen and oxygen atoms in total. The fourth-order valence-electron chi connectivity index (χ4n) is 0.522. The number of nitriles is 2. The lowest BCUT2D eigenvalue weighted by Gasteiger charge is -1.86. The summed E-state index contributed by atoms with van der Waals surface area (Å²) in [6.45, 7) is 0. The predicted octanol–water partition coefficient (Wildman–Crippen LogP) is 0.603. The average Bonchev–Trinajstić information content (AvgIpc) is 2.23. The Morgan fingerprint density at radius 2 is 1.14 bits per heavy atom. The van der Waals surface area contributed by atoms with E-state index >= 15 is 0 Å². The van der Waals surface area contributed by atoms with Crippen molar-refractivity contribution in [3.05, 3.63) is 11.1 Å². The largest absolute Gasteiger partial charge is 0.183 e. The molecule has 0 aliphatic rings. The van der Waals surface area contributed by atoms with Gasteiger partial charge in [0.05, 0.1) is 11.1 Å². The Hall–Kier alpha value is -3.04. The second-order valence-electron chi connectivity index (χ2n) is 1.76. The van der Waals surface area contributed by atoms with Gasteiger partial charge in [0, 0.05) is 11.8 Å². The molecule has 0 aromatic rings. The van der Waals surface area contributed by atoms with Crippen molar-refractivity contribution in [2.75, 3.05) is 0 Å². The van der Waals surface area contributed by atoms with Crippen LogP contribution in [0.3, 0.4) is 0 Å². The minimum absolute atomic E-state index is 0.136. The van der Waals surface area contributed by atoms with Crippen molar-refractivity contribution in [1.29, 1.82) is 10.5 Å². The number of hydrogen-bond donors (Lipinski definition) is 0. The monoisotopic (exact) mass is 174 g/mol. The first kappa shape index (κ1) is 11.0. The molecular weight excluding hydrogens is 172 g/mol. The van der Waals surface area contributed by atoms with Crippen LogP contribution in [0.1, 0.15) is 0 Å². The number of nitrogens with zero attached hydrogens (tertiary/aromatic N) is 2. The van der Waals surface area contributed by atoms with Crippen LogP contribution in [-0.4, -0.2) is 0 Å². The molecule has 0 atom stereocenters. The molecule has 0 bridgehead atoms. The van der Waals surface area contributed by atoms with Crippen molar-refractivity contribution in [3.8, 4) is 60.5 Å². The Labute approximate surface area is 82.8 Å². The molecule has 0 amide bonds. The van der Waals surface area contributed by atoms with Gasteiger partial charge in [0.2, 0.25) is 0 Å². The Morgan fingerprint density at radius 3 is 1.36 bits per heavy atom. The van der Waals surface area contributed by atoms with Gasteiger partial charge in [0.1, 0.15) is 0 Å². The quantitative estimate of drug-likeness (QED) is 0.505. The van der Waals surface area contributed by atoms with Crippen LogP contribution in [0.25, 0.3) is 0 Å². The third-order valence-electron chi connectivity index (χ3n) is 1.03. The normalized spacial score (nSPS) is 7.71. The summed E-state index contributed by atoms with van der Waals surface area (Å²) in [6.07, 6.45) is 10.2. The van der Waals surface area contributed by atoms with Crippen molar-refractivity contribution < 1.29 is 0 Å². The predicted molar refractivity (Wildman–Crippen MR) is 51.5 cm³/mol. The molecule has 0 saturated heterocycles. The molecule has 0 aromatic heterocycles. The van der Waals surface area contributed by atoms with E-state index < -0.39 is 0 Å². The van der Waals surface area contributed by atoms with Crippen LogP contribution < -0.4 is 0 Å². The maximum absolute atomic E-state index is 8.19. The summed E-state index contributed by atoms with van der Waals surface area (Å²) in [6, 6.07) is 3.19. The molecule has 0 spiro atoms. The molecule has 0 aromatic carbocycles. The van der Waals surface area contributed by atoms with Gasteiger partial charge in [-0.15, -0.1) is 12.8 Å². The van der Waals surface area contributed by atoms with Crippen LogP contribution in [-0.2, 0) is 0 Å². The Balaban J connectivity index is 5.46. The van der Waals surface area contributed by atoms with E-state index in [2.05, 4.69) is 35.5 Å². The molecule has 14 heavy (non-hydrogen) atoms. The van der Waals surface area contributed by atoms with Crippen molar-refractivity contribution in [2.24, 2.45) is 0 Å². The second-order valence-corrected chi connectivity index (χ2v) is 1.76. The summed E-state index contributed by atoms with van der Waals surface area (Å²) in [4.78, 5) is 0. The molecular formula is C12H2N2. The first-order valence-corrected chi connectivity index (χ1v) is 3.27. The zero-order valence-electron chi connectivity index (χ0n) is 7.05. The number of rotatable bonds is 0. The highest BCUT2D eigenvalue weighted by Crippen LogP contribution is 1.99. The average molecular weight is 174 g/mol. The number of hydrogen-bond acceptors (Lipinski definition) is 2. The maximum atomic E-state index is 8.19. The summed E-state index contributed by atoms with van der Waals surface area (Å²) in [5, 5.41) is 16.4. The van der Waals surface area contributed by atoms with E-state index in [0.29, 0.717) is 0 Å². The van der Waals surface area contributed by atoms with Gasteiger partial charge in [-0.1, -0.05) is 11.8 Å². The molecule has 0 N–H and O–H groups in total. The van der Waals surface area contributed by atoms with Crippen LogP contribution >= 0.6 is 0 Å². The molecule has 0 radical (unpaired) electrons. The van der Waals surface area contributed by atoms with Crippen LogP contribution in [0, 0.1) is 71.0 Å². The summed E-state index contributed by atoms with van der Waals surface area (Å²) in [5.41, 5.74) is 0.272. The van der Waals surface area contributed by atoms with Crippen LogP contribution in [0.15, 0.2) is 11.1 Å². The van der Waals surface area contributed by atoms with Gasteiger partial charge in [0.25, 0.3) is 0 Å². The van der Waals surface area contributed by atoms with Crippen molar-refractivity contribution >= 4 is 0 Å². The molecule has 0 saturated carbocycles. The van der Waals surface area contributed by atoms with E-state index in [4.69, 9.17) is 23.4 Å². The van der Waals surface area contributed by atoms with Gasteiger partial charge < -0.3 is 0 Å². The Morgan fingerprint density at radius 1 is 0.786 bits per heavy atom. The lowest BCUT2D eigenvalue weighted by molar-refractivity contribution is 1.54. The highest BCUT2D eigenvalue weighted by molar-refractivity contribution is 5.60. The summed E-state index contributed by atoms with van der Waals surface area (Å²) >= 11 is 0. The lowest BCUT2D eigenvalue weighted by Crippen LogP contribution is -1.81. The third-order valence-corrected chi connectivity index (χ3v) is 1.03. The van der Waals surface area contributed by atoms with Crippen LogP contribution in [0.4, 0.5) is 0 Å². The van der Waals surface area contributed by atoms with Crippen LogP contribution in [0.2, 0.25) is 0 Å². The second kappa shape index (κ2) is 6.66. The molecule has 0 aliphatic heterocycles. The summed E-state index contributed by atoms with van der Waals surface area (Å²) < 4.78 is 0. The molecule has 0 rings (SSSR count). The highest BCUT2D eigenvalue weighted by atomic mass is 14.2. The minimum Gasteiger partial charge on any atom is -0.183 e. The van der Waals surface area contributed by atoms with Crippen LogP contribution in [0.5, 0.6) is 0 Å². The van der Waals surface area contributed by atoms with E-state index in [1.807, 2.05) is 0 Å². The Bertz CT molecular complexity index is 489. The van der Waals surface area contributed by atoms with E-state index in [0.717, 1.165) is 0 Å². The molecule has 2 heteroatoms. The van der Waals surface area contributed by atoms with Crippen molar-refractivity contribution in [3.63, 3.8) is 0 Å². The van der Waals surface area contributed by atoms with E-state index in [1.54, 1.807) is 12.1 Å². The third kappa shape index (κ3) is 3.38. The molecule has 0 unspecified atom stereocenters. The first-order chi connectivity index (χ1) is 6.79. The van der Waals surface area contributed by atoms with E-state index in [1.165, 1.54) is 0 Å². The van der Waals surface area contributed by atoms with Gasteiger partial charge in [-0.3, -0.25) is 0 Å². The van der Waals surface area contributed by atoms with Gasteiger partial charge in [-0.2, -0.15) is 10.5 Å². The minimum atomic E-state index is 0.136. The van der Waals surface area contributed by atoms with Gasteiger partial charge in [0.15, 0.2) is 12.1 Å². The molecule has 60 valence electrons. The number of terminal acetylenes is 2. The van der Waals surface area contributed by atoms with Gasteiger partial charge in [-0.25, -0.2) is 0 Å². The zero-order valence-corrected chi connectivity index (χ0v) is 7.05. The topological polar surface area (TPSA) is 47.6 Å². The molecule has 0 fully saturated rings. The summed E-state index contributed by atoms with van der Waals surface area (Å²) in [7, 11) is 0. The lowest BCUT2D eigenvalue weighted by atomic mass is 10.1. The fraction of sp³-hybridized carbons (Fsp3) is 0. The van der Waals surface area contributed by atoms with E-state index in [-0.39, 0.29) is 11.1 Å². The fourth-order valence-corrected chi connectivity index (χ4v) is 0.522. The SMILES string of the molecule is C#C/C(C#CC#N)=C(/C#C)C#CC#N. The highest BCUT2D eigenvalue weighted by Gasteiger charge is 1.94.